The molecule has 1 atom stereocenters. The summed E-state index contributed by atoms with van der Waals surface area (Å²) in [7, 11) is 3.83. The van der Waals surface area contributed by atoms with Crippen LogP contribution in [0.2, 0.25) is 0 Å². The molecule has 1 fully saturated rings. The van der Waals surface area contributed by atoms with Crippen molar-refractivity contribution in [1.82, 2.24) is 10.2 Å². The number of aliphatic imine (C=N–C) groups is 1. The van der Waals surface area contributed by atoms with E-state index in [1.165, 1.54) is 11.1 Å². The van der Waals surface area contributed by atoms with Crippen molar-refractivity contribution in [3.8, 4) is 6.07 Å². The molecule has 0 amide bonds. The van der Waals surface area contributed by atoms with Crippen molar-refractivity contribution in [2.75, 3.05) is 27.2 Å². The average molecular weight is 245 g/mol. The number of guanidine groups is 1. The molecule has 2 aliphatic rings. The van der Waals surface area contributed by atoms with Gasteiger partial charge in [0.05, 0.1) is 18.7 Å². The van der Waals surface area contributed by atoms with E-state index in [-0.39, 0.29) is 0 Å². The van der Waals surface area contributed by atoms with Crippen LogP contribution in [-0.4, -0.2) is 44.1 Å². The number of nitrogens with one attached hydrogen (secondary N) is 1. The molecule has 0 aromatic heterocycles. The van der Waals surface area contributed by atoms with E-state index in [2.05, 4.69) is 46.2 Å². The van der Waals surface area contributed by atoms with Crippen LogP contribution < -0.4 is 5.32 Å². The van der Waals surface area contributed by atoms with Gasteiger partial charge in [0.2, 0.25) is 0 Å². The van der Waals surface area contributed by atoms with Crippen LogP contribution in [0.4, 0.5) is 0 Å². The lowest BCUT2D eigenvalue weighted by atomic mass is 10.1. The van der Waals surface area contributed by atoms with Gasteiger partial charge in [0.15, 0.2) is 5.96 Å². The molecule has 18 heavy (non-hydrogen) atoms. The van der Waals surface area contributed by atoms with Gasteiger partial charge in [-0.05, 0) is 30.9 Å². The molecular weight excluding hydrogens is 224 g/mol. The highest BCUT2D eigenvalue weighted by molar-refractivity contribution is 5.82. The minimum absolute atomic E-state index is 0.338. The van der Waals surface area contributed by atoms with Crippen molar-refractivity contribution < 1.29 is 0 Å². The fourth-order valence-corrected chi connectivity index (χ4v) is 2.46. The lowest BCUT2D eigenvalue weighted by Gasteiger charge is -2.20. The van der Waals surface area contributed by atoms with Crippen LogP contribution >= 0.6 is 0 Å². The predicted molar refractivity (Wildman–Crippen MR) is 76.1 cm³/mol. The Balaban J connectivity index is 2.14. The van der Waals surface area contributed by atoms with Crippen LogP contribution in [0.3, 0.4) is 0 Å². The zero-order valence-corrected chi connectivity index (χ0v) is 11.4. The van der Waals surface area contributed by atoms with Gasteiger partial charge in [0.25, 0.3) is 7.05 Å². The summed E-state index contributed by atoms with van der Waals surface area (Å²) in [4.78, 5) is 10.6. The van der Waals surface area contributed by atoms with Crippen molar-refractivity contribution >= 4 is 5.96 Å². The number of nitrogens with zero attached hydrogens (tertiary/aromatic N) is 3. The Morgan fingerprint density at radius 2 is 2.39 bits per heavy atom. The molecular formula is C14H21N4+. The smallest absolute Gasteiger partial charge is 0.303 e. The molecule has 0 spiro atoms. The van der Waals surface area contributed by atoms with Crippen molar-refractivity contribution in [1.29, 1.82) is 0 Å². The summed E-state index contributed by atoms with van der Waals surface area (Å²) in [6, 6.07) is 3.29. The van der Waals surface area contributed by atoms with E-state index in [0.29, 0.717) is 6.04 Å². The Bertz CT molecular complexity index is 462. The van der Waals surface area contributed by atoms with E-state index in [9.17, 15) is 0 Å². The summed E-state index contributed by atoms with van der Waals surface area (Å²) in [6.45, 7) is 3.99. The van der Waals surface area contributed by atoms with E-state index in [4.69, 9.17) is 0 Å². The van der Waals surface area contributed by atoms with Gasteiger partial charge in [0.1, 0.15) is 0 Å². The molecule has 1 N–H and O–H groups in total. The first-order valence-corrected chi connectivity index (χ1v) is 6.48. The van der Waals surface area contributed by atoms with Crippen LogP contribution in [0.15, 0.2) is 28.3 Å². The fourth-order valence-electron chi connectivity index (χ4n) is 2.46. The molecule has 1 saturated carbocycles. The minimum Gasteiger partial charge on any atom is -0.349 e. The third kappa shape index (κ3) is 2.56. The molecule has 4 nitrogen and oxygen atoms in total. The van der Waals surface area contributed by atoms with E-state index >= 15 is 0 Å². The maximum atomic E-state index is 4.49. The fraction of sp³-hybridized carbons (Fsp3) is 0.571. The molecule has 0 saturated heterocycles. The average Bonchev–Trinajstić information content (AvgIpc) is 2.95. The summed E-state index contributed by atoms with van der Waals surface area (Å²) in [5, 5.41) is 3.54. The summed E-state index contributed by atoms with van der Waals surface area (Å²) in [6.07, 6.45) is 6.41. The zero-order chi connectivity index (χ0) is 13.0. The summed E-state index contributed by atoms with van der Waals surface area (Å²) >= 11 is 0. The van der Waals surface area contributed by atoms with Crippen molar-refractivity contribution in [2.45, 2.75) is 25.8 Å². The highest BCUT2D eigenvalue weighted by atomic mass is 15.3. The summed E-state index contributed by atoms with van der Waals surface area (Å²) in [5.74, 6) is 1.01. The highest BCUT2D eigenvalue weighted by Gasteiger charge is 2.27. The largest absolute Gasteiger partial charge is 0.349 e. The van der Waals surface area contributed by atoms with Gasteiger partial charge in [-0.15, -0.1) is 0 Å². The van der Waals surface area contributed by atoms with Gasteiger partial charge in [-0.25, -0.2) is 0 Å². The van der Waals surface area contributed by atoms with Crippen LogP contribution in [-0.2, 0) is 0 Å². The number of allylic oxidation sites excluding steroid dienone is 2. The molecule has 1 aliphatic carbocycles. The molecule has 1 aliphatic heterocycles. The molecule has 1 heterocycles. The Hall–Kier alpha value is -1.76. The second-order valence-electron chi connectivity index (χ2n) is 4.63. The topological polar surface area (TPSA) is 32.0 Å². The molecule has 0 bridgehead atoms. The van der Waals surface area contributed by atoms with Gasteiger partial charge in [-0.1, -0.05) is 10.9 Å². The lowest BCUT2D eigenvalue weighted by molar-refractivity contribution is 0.522. The number of hydrogen-bond acceptors (Lipinski definition) is 3. The van der Waals surface area contributed by atoms with Crippen molar-refractivity contribution in [3.05, 3.63) is 28.1 Å². The Labute approximate surface area is 109 Å². The van der Waals surface area contributed by atoms with Crippen LogP contribution in [0.1, 0.15) is 19.8 Å². The Kier molecular flexibility index (Phi) is 4.03. The summed E-state index contributed by atoms with van der Waals surface area (Å²) < 4.78 is 0. The molecule has 96 valence electrons. The normalized spacial score (nSPS) is 27.4. The van der Waals surface area contributed by atoms with Crippen LogP contribution in [0.25, 0.3) is 4.85 Å². The van der Waals surface area contributed by atoms with Crippen molar-refractivity contribution in [2.24, 2.45) is 4.99 Å². The zero-order valence-electron chi connectivity index (χ0n) is 11.4. The van der Waals surface area contributed by atoms with Gasteiger partial charge in [0, 0.05) is 13.6 Å². The van der Waals surface area contributed by atoms with E-state index in [1.807, 2.05) is 6.08 Å². The monoisotopic (exact) mass is 245 g/mol. The lowest BCUT2D eigenvalue weighted by Crippen LogP contribution is -2.41. The van der Waals surface area contributed by atoms with E-state index < -0.39 is 0 Å². The van der Waals surface area contributed by atoms with Crippen LogP contribution in [0, 0.1) is 6.07 Å². The summed E-state index contributed by atoms with van der Waals surface area (Å²) in [5.41, 5.74) is 2.69. The third-order valence-electron chi connectivity index (χ3n) is 3.51. The van der Waals surface area contributed by atoms with Crippen LogP contribution in [0.5, 0.6) is 0 Å². The van der Waals surface area contributed by atoms with E-state index in [0.717, 1.165) is 31.9 Å². The third-order valence-corrected chi connectivity index (χ3v) is 3.51. The maximum absolute atomic E-state index is 4.49. The minimum atomic E-state index is 0.338. The number of rotatable bonds is 1. The van der Waals surface area contributed by atoms with Gasteiger partial charge in [-0.2, -0.15) is 0 Å². The SMILES string of the molecule is C/C=C1/CCC(NC2=NCCN2C)/C1=C/C#[N+]C. The molecule has 1 unspecified atom stereocenters. The molecule has 4 heteroatoms. The first-order chi connectivity index (χ1) is 8.76. The molecule has 0 aromatic rings. The Morgan fingerprint density at radius 1 is 1.56 bits per heavy atom. The number of likely N-dealkylation sites (N-methyl/N-ethyl adjacent to an activating group) is 1. The highest BCUT2D eigenvalue weighted by Crippen LogP contribution is 2.30. The Morgan fingerprint density at radius 3 is 3.00 bits per heavy atom. The first kappa shape index (κ1) is 12.7. The van der Waals surface area contributed by atoms with Gasteiger partial charge < -0.3 is 10.2 Å². The second kappa shape index (κ2) is 5.72. The maximum Gasteiger partial charge on any atom is 0.303 e. The van der Waals surface area contributed by atoms with Gasteiger partial charge >= 0.3 is 6.07 Å². The van der Waals surface area contributed by atoms with E-state index in [1.54, 1.807) is 7.05 Å². The molecule has 0 aromatic carbocycles. The molecule has 2 rings (SSSR count). The quantitative estimate of drug-likeness (QED) is 0.715. The number of hydrogen-bond donors (Lipinski definition) is 1. The van der Waals surface area contributed by atoms with Gasteiger partial charge in [-0.3, -0.25) is 4.99 Å². The first-order valence-electron chi connectivity index (χ1n) is 6.48. The second-order valence-corrected chi connectivity index (χ2v) is 4.63. The molecule has 0 radical (unpaired) electrons. The standard InChI is InChI=1S/C14H21N4/c1-4-11-5-6-13(12(11)7-8-15-2)17-14-16-9-10-18(14)3/h4,7,13H,5-6,9-10H2,1-3H3,(H,16,17)/q+1/b11-4-,12-7+. The predicted octanol–water partition coefficient (Wildman–Crippen LogP) is 1.88. The van der Waals surface area contributed by atoms with Crippen molar-refractivity contribution in [3.63, 3.8) is 0 Å².